The number of hydrogen-bond donors (Lipinski definition) is 3. The van der Waals surface area contributed by atoms with Gasteiger partial charge in [-0.25, -0.2) is 4.79 Å². The third-order valence-electron chi connectivity index (χ3n) is 4.79. The van der Waals surface area contributed by atoms with E-state index in [-0.39, 0.29) is 30.9 Å². The molecule has 0 spiro atoms. The molecule has 0 unspecified atom stereocenters. The van der Waals surface area contributed by atoms with Crippen molar-refractivity contribution >= 4 is 35.9 Å². The topological polar surface area (TPSA) is 87.5 Å². The Morgan fingerprint density at radius 3 is 2.60 bits per heavy atom. The highest BCUT2D eigenvalue weighted by Gasteiger charge is 2.42. The van der Waals surface area contributed by atoms with Crippen LogP contribution in [0.5, 0.6) is 0 Å². The number of nitrogens with one attached hydrogen (secondary N) is 2. The van der Waals surface area contributed by atoms with Crippen molar-refractivity contribution in [3.63, 3.8) is 0 Å². The first kappa shape index (κ1) is 19.8. The molecular formula is C17H24Cl2N4O2. The molecular weight excluding hydrogens is 363 g/mol. The quantitative estimate of drug-likeness (QED) is 0.695. The Morgan fingerprint density at radius 2 is 1.96 bits per heavy atom. The van der Waals surface area contributed by atoms with Crippen molar-refractivity contribution in [2.24, 2.45) is 17.6 Å². The van der Waals surface area contributed by atoms with Crippen molar-refractivity contribution in [2.45, 2.75) is 25.4 Å². The van der Waals surface area contributed by atoms with Crippen LogP contribution >= 0.6 is 24.0 Å². The fourth-order valence-electron chi connectivity index (χ4n) is 3.49. The van der Waals surface area contributed by atoms with E-state index in [0.29, 0.717) is 11.8 Å². The van der Waals surface area contributed by atoms with E-state index in [1.54, 1.807) is 0 Å². The van der Waals surface area contributed by atoms with Gasteiger partial charge >= 0.3 is 6.03 Å². The van der Waals surface area contributed by atoms with Gasteiger partial charge in [-0.15, -0.1) is 12.4 Å². The van der Waals surface area contributed by atoms with Crippen molar-refractivity contribution in [2.75, 3.05) is 19.6 Å². The van der Waals surface area contributed by atoms with Crippen molar-refractivity contribution in [3.8, 4) is 0 Å². The summed E-state index contributed by atoms with van der Waals surface area (Å²) in [4.78, 5) is 25.1. The van der Waals surface area contributed by atoms with E-state index in [4.69, 9.17) is 17.3 Å². The summed E-state index contributed by atoms with van der Waals surface area (Å²) in [7, 11) is 0. The number of nitrogens with zero attached hydrogens (tertiary/aromatic N) is 1. The maximum Gasteiger partial charge on any atom is 0.312 e. The first-order valence-corrected chi connectivity index (χ1v) is 8.69. The minimum absolute atomic E-state index is 0. The molecule has 1 aromatic rings. The Labute approximate surface area is 158 Å². The molecule has 3 amide bonds. The Hall–Kier alpha value is -1.50. The van der Waals surface area contributed by atoms with Gasteiger partial charge < -0.3 is 16.4 Å². The van der Waals surface area contributed by atoms with Crippen LogP contribution in [0.3, 0.4) is 0 Å². The number of amides is 3. The van der Waals surface area contributed by atoms with E-state index >= 15 is 0 Å². The lowest BCUT2D eigenvalue weighted by Gasteiger charge is -2.19. The number of nitrogens with two attached hydrogens (primary N) is 1. The number of benzene rings is 1. The number of likely N-dealkylation sites (tertiary alicyclic amines) is 1. The predicted octanol–water partition coefficient (Wildman–Crippen LogP) is 1.76. The third-order valence-corrected chi connectivity index (χ3v) is 5.16. The van der Waals surface area contributed by atoms with E-state index < -0.39 is 6.03 Å². The monoisotopic (exact) mass is 386 g/mol. The lowest BCUT2D eigenvalue weighted by atomic mass is 9.98. The molecule has 0 aromatic heterocycles. The Morgan fingerprint density at radius 1 is 1.24 bits per heavy atom. The van der Waals surface area contributed by atoms with Gasteiger partial charge in [0, 0.05) is 30.7 Å². The van der Waals surface area contributed by atoms with Gasteiger partial charge in [0.15, 0.2) is 0 Å². The van der Waals surface area contributed by atoms with Crippen molar-refractivity contribution in [3.05, 3.63) is 34.9 Å². The number of primary amides is 1. The molecule has 25 heavy (non-hydrogen) atoms. The molecule has 8 heteroatoms. The lowest BCUT2D eigenvalue weighted by molar-refractivity contribution is -0.121. The predicted molar refractivity (Wildman–Crippen MR) is 99.7 cm³/mol. The molecule has 4 N–H and O–H groups in total. The number of carbonyl (C=O) groups is 2. The van der Waals surface area contributed by atoms with E-state index in [1.807, 2.05) is 24.3 Å². The van der Waals surface area contributed by atoms with Gasteiger partial charge in [0.05, 0.1) is 6.54 Å². The molecule has 0 radical (unpaired) electrons. The van der Waals surface area contributed by atoms with Gasteiger partial charge in [-0.2, -0.15) is 0 Å². The number of urea groups is 1. The summed E-state index contributed by atoms with van der Waals surface area (Å²) in [6.07, 6.45) is 2.47. The van der Waals surface area contributed by atoms with Crippen LogP contribution in [0.15, 0.2) is 24.3 Å². The molecule has 1 saturated carbocycles. The molecule has 1 aromatic carbocycles. The molecule has 6 nitrogen and oxygen atoms in total. The van der Waals surface area contributed by atoms with Gasteiger partial charge in [-0.05, 0) is 36.3 Å². The molecule has 2 aliphatic rings. The van der Waals surface area contributed by atoms with E-state index in [1.165, 1.54) is 12.8 Å². The van der Waals surface area contributed by atoms with Crippen LogP contribution < -0.4 is 16.4 Å². The second-order valence-electron chi connectivity index (χ2n) is 6.68. The number of carbonyl (C=O) groups excluding carboxylic acids is 2. The first-order chi connectivity index (χ1) is 11.5. The van der Waals surface area contributed by atoms with Gasteiger partial charge in [-0.1, -0.05) is 29.8 Å². The Balaban J connectivity index is 0.00000225. The van der Waals surface area contributed by atoms with Crippen LogP contribution in [-0.2, 0) is 11.3 Å². The van der Waals surface area contributed by atoms with Crippen molar-refractivity contribution in [1.82, 2.24) is 15.5 Å². The molecule has 2 fully saturated rings. The minimum atomic E-state index is -0.685. The summed E-state index contributed by atoms with van der Waals surface area (Å²) in [5.74, 6) is 0.963. The molecule has 0 bridgehead atoms. The average molecular weight is 387 g/mol. The number of hydrogen-bond acceptors (Lipinski definition) is 3. The van der Waals surface area contributed by atoms with Gasteiger partial charge in [0.1, 0.15) is 0 Å². The number of rotatable bonds is 6. The first-order valence-electron chi connectivity index (χ1n) is 8.31. The molecule has 138 valence electrons. The van der Waals surface area contributed by atoms with Gasteiger partial charge in [0.25, 0.3) is 0 Å². The molecule has 1 aliphatic heterocycles. The molecule has 2 atom stereocenters. The Kier molecular flexibility index (Phi) is 6.93. The zero-order valence-electron chi connectivity index (χ0n) is 13.9. The van der Waals surface area contributed by atoms with Crippen LogP contribution in [0, 0.1) is 11.8 Å². The van der Waals surface area contributed by atoms with E-state index in [9.17, 15) is 9.59 Å². The molecule has 1 aliphatic carbocycles. The van der Waals surface area contributed by atoms with Crippen LogP contribution in [0.2, 0.25) is 5.02 Å². The summed E-state index contributed by atoms with van der Waals surface area (Å²) in [5, 5.41) is 6.16. The zero-order chi connectivity index (χ0) is 17.1. The van der Waals surface area contributed by atoms with Gasteiger partial charge in [-0.3, -0.25) is 9.69 Å². The average Bonchev–Trinajstić information content (AvgIpc) is 3.31. The van der Waals surface area contributed by atoms with Crippen LogP contribution in [-0.4, -0.2) is 42.5 Å². The highest BCUT2D eigenvalue weighted by atomic mass is 35.5. The summed E-state index contributed by atoms with van der Waals surface area (Å²) in [6, 6.07) is 7.29. The van der Waals surface area contributed by atoms with E-state index in [0.717, 1.165) is 30.2 Å². The van der Waals surface area contributed by atoms with Crippen LogP contribution in [0.25, 0.3) is 0 Å². The summed E-state index contributed by atoms with van der Waals surface area (Å²) in [6.45, 7) is 2.47. The van der Waals surface area contributed by atoms with Crippen LogP contribution in [0.4, 0.5) is 4.79 Å². The van der Waals surface area contributed by atoms with Crippen molar-refractivity contribution in [1.29, 1.82) is 0 Å². The fraction of sp³-hybridized carbons (Fsp3) is 0.529. The second kappa shape index (κ2) is 8.74. The smallest absolute Gasteiger partial charge is 0.312 e. The standard InChI is InChI=1S/C17H23ClN4O2.ClH/c18-14-4-2-1-3-12(14)8-22-9-13(11-5-6-11)15(10-22)21-16(23)7-20-17(19)24;/h1-4,11,13,15H,5-10H2,(H,21,23)(H3,19,20,24);1H/t13-,15+;/m1./s1. The van der Waals surface area contributed by atoms with Crippen LogP contribution in [0.1, 0.15) is 18.4 Å². The largest absolute Gasteiger partial charge is 0.352 e. The minimum Gasteiger partial charge on any atom is -0.352 e. The maximum atomic E-state index is 12.0. The molecule has 1 saturated heterocycles. The SMILES string of the molecule is Cl.NC(=O)NCC(=O)N[C@H]1CN(Cc2ccccc2Cl)C[C@@H]1C1CC1. The fourth-order valence-corrected chi connectivity index (χ4v) is 3.69. The lowest BCUT2D eigenvalue weighted by Crippen LogP contribution is -2.46. The normalized spacial score (nSPS) is 22.9. The van der Waals surface area contributed by atoms with Gasteiger partial charge in [0.2, 0.25) is 5.91 Å². The maximum absolute atomic E-state index is 12.0. The number of halogens is 2. The third kappa shape index (κ3) is 5.49. The molecule has 3 rings (SSSR count). The zero-order valence-corrected chi connectivity index (χ0v) is 15.5. The highest BCUT2D eigenvalue weighted by molar-refractivity contribution is 6.31. The summed E-state index contributed by atoms with van der Waals surface area (Å²) in [5.41, 5.74) is 6.11. The Bertz CT molecular complexity index is 624. The molecule has 1 heterocycles. The summed E-state index contributed by atoms with van der Waals surface area (Å²) < 4.78 is 0. The highest BCUT2D eigenvalue weighted by Crippen LogP contribution is 2.41. The van der Waals surface area contributed by atoms with E-state index in [2.05, 4.69) is 15.5 Å². The summed E-state index contributed by atoms with van der Waals surface area (Å²) >= 11 is 6.26. The van der Waals surface area contributed by atoms with Crippen molar-refractivity contribution < 1.29 is 9.59 Å². The second-order valence-corrected chi connectivity index (χ2v) is 7.09.